The second-order valence-corrected chi connectivity index (χ2v) is 4.62. The molecule has 0 aliphatic carbocycles. The van der Waals surface area contributed by atoms with Gasteiger partial charge in [0.05, 0.1) is 7.11 Å². The molecule has 21 heavy (non-hydrogen) atoms. The lowest BCUT2D eigenvalue weighted by molar-refractivity contribution is -0.133. The molecule has 1 aromatic heterocycles. The van der Waals surface area contributed by atoms with Gasteiger partial charge in [-0.15, -0.1) is 0 Å². The van der Waals surface area contributed by atoms with Crippen LogP contribution in [-0.2, 0) is 10.4 Å². The quantitative estimate of drug-likeness (QED) is 0.904. The van der Waals surface area contributed by atoms with Crippen LogP contribution in [0.2, 0.25) is 0 Å². The minimum Gasteiger partial charge on any atom is -0.481 e. The van der Waals surface area contributed by atoms with Crippen LogP contribution in [-0.4, -0.2) is 23.1 Å². The summed E-state index contributed by atoms with van der Waals surface area (Å²) in [5.41, 5.74) is -1.05. The Balaban J connectivity index is 2.19. The molecule has 0 aliphatic heterocycles. The molecule has 2 rings (SSSR count). The van der Waals surface area contributed by atoms with E-state index in [9.17, 15) is 14.3 Å². The minimum absolute atomic E-state index is 0.294. The van der Waals surface area contributed by atoms with Crippen molar-refractivity contribution in [3.05, 3.63) is 54.0 Å². The molecule has 0 spiro atoms. The SMILES string of the molecule is COc1cc(NC(=O)[C@@](C)(O)c2ccc(F)cc2)ccn1. The highest BCUT2D eigenvalue weighted by molar-refractivity contribution is 5.97. The lowest BCUT2D eigenvalue weighted by Gasteiger charge is -2.22. The Morgan fingerprint density at radius 2 is 2.00 bits per heavy atom. The largest absolute Gasteiger partial charge is 0.481 e. The number of ether oxygens (including phenoxy) is 1. The van der Waals surface area contributed by atoms with Crippen LogP contribution in [0.3, 0.4) is 0 Å². The van der Waals surface area contributed by atoms with Gasteiger partial charge in [-0.1, -0.05) is 12.1 Å². The molecule has 5 nitrogen and oxygen atoms in total. The normalized spacial score (nSPS) is 13.3. The van der Waals surface area contributed by atoms with Gasteiger partial charge in [-0.3, -0.25) is 4.79 Å². The van der Waals surface area contributed by atoms with Gasteiger partial charge in [0.25, 0.3) is 5.91 Å². The predicted octanol–water partition coefficient (Wildman–Crippen LogP) is 2.08. The van der Waals surface area contributed by atoms with E-state index in [1.165, 1.54) is 50.6 Å². The molecule has 0 unspecified atom stereocenters. The summed E-state index contributed by atoms with van der Waals surface area (Å²) in [7, 11) is 1.46. The number of halogens is 1. The summed E-state index contributed by atoms with van der Waals surface area (Å²) in [4.78, 5) is 16.1. The van der Waals surface area contributed by atoms with Crippen LogP contribution in [0, 0.1) is 5.82 Å². The molecule has 2 aromatic rings. The van der Waals surface area contributed by atoms with Gasteiger partial charge in [0, 0.05) is 18.0 Å². The molecular formula is C15H15FN2O3. The highest BCUT2D eigenvalue weighted by Crippen LogP contribution is 2.23. The highest BCUT2D eigenvalue weighted by atomic mass is 19.1. The Hall–Kier alpha value is -2.47. The zero-order valence-corrected chi connectivity index (χ0v) is 11.6. The maximum absolute atomic E-state index is 12.9. The summed E-state index contributed by atoms with van der Waals surface area (Å²) in [5.74, 6) is -0.731. The highest BCUT2D eigenvalue weighted by Gasteiger charge is 2.32. The second kappa shape index (κ2) is 5.88. The predicted molar refractivity (Wildman–Crippen MR) is 75.4 cm³/mol. The number of hydrogen-bond acceptors (Lipinski definition) is 4. The third-order valence-electron chi connectivity index (χ3n) is 3.05. The van der Waals surface area contributed by atoms with Crippen molar-refractivity contribution >= 4 is 11.6 Å². The van der Waals surface area contributed by atoms with Crippen LogP contribution >= 0.6 is 0 Å². The molecule has 0 bridgehead atoms. The third kappa shape index (κ3) is 3.35. The average molecular weight is 290 g/mol. The first kappa shape index (κ1) is 14.9. The van der Waals surface area contributed by atoms with E-state index < -0.39 is 17.3 Å². The molecular weight excluding hydrogens is 275 g/mol. The van der Waals surface area contributed by atoms with Gasteiger partial charge in [0.15, 0.2) is 5.60 Å². The van der Waals surface area contributed by atoms with Crippen molar-refractivity contribution in [3.63, 3.8) is 0 Å². The van der Waals surface area contributed by atoms with Gasteiger partial charge in [0.1, 0.15) is 5.82 Å². The molecule has 1 heterocycles. The van der Waals surface area contributed by atoms with Crippen LogP contribution in [0.25, 0.3) is 0 Å². The third-order valence-corrected chi connectivity index (χ3v) is 3.05. The zero-order chi connectivity index (χ0) is 15.5. The monoisotopic (exact) mass is 290 g/mol. The number of nitrogens with one attached hydrogen (secondary N) is 1. The van der Waals surface area contributed by atoms with Gasteiger partial charge in [0.2, 0.25) is 5.88 Å². The molecule has 2 N–H and O–H groups in total. The Morgan fingerprint density at radius 1 is 1.33 bits per heavy atom. The molecule has 110 valence electrons. The van der Waals surface area contributed by atoms with Gasteiger partial charge in [-0.25, -0.2) is 9.37 Å². The molecule has 0 fully saturated rings. The maximum Gasteiger partial charge on any atom is 0.260 e. The van der Waals surface area contributed by atoms with Gasteiger partial charge < -0.3 is 15.2 Å². The molecule has 1 atom stereocenters. The number of pyridine rings is 1. The number of anilines is 1. The van der Waals surface area contributed by atoms with E-state index in [4.69, 9.17) is 4.74 Å². The van der Waals surface area contributed by atoms with Gasteiger partial charge in [-0.05, 0) is 30.7 Å². The molecule has 0 radical (unpaired) electrons. The molecule has 0 saturated carbocycles. The van der Waals surface area contributed by atoms with E-state index >= 15 is 0 Å². The Bertz CT molecular complexity index is 642. The summed E-state index contributed by atoms with van der Waals surface area (Å²) < 4.78 is 17.9. The summed E-state index contributed by atoms with van der Waals surface area (Å²) in [6, 6.07) is 8.20. The van der Waals surface area contributed by atoms with Crippen molar-refractivity contribution in [1.29, 1.82) is 0 Å². The minimum atomic E-state index is -1.79. The van der Waals surface area contributed by atoms with E-state index in [-0.39, 0.29) is 0 Å². The number of rotatable bonds is 4. The van der Waals surface area contributed by atoms with Crippen LogP contribution in [0.5, 0.6) is 5.88 Å². The van der Waals surface area contributed by atoms with Crippen molar-refractivity contribution in [2.24, 2.45) is 0 Å². The summed E-state index contributed by atoms with van der Waals surface area (Å²) >= 11 is 0. The fraction of sp³-hybridized carbons (Fsp3) is 0.200. The Labute approximate surface area is 121 Å². The fourth-order valence-electron chi connectivity index (χ4n) is 1.76. The van der Waals surface area contributed by atoms with Crippen LogP contribution in [0.1, 0.15) is 12.5 Å². The van der Waals surface area contributed by atoms with Gasteiger partial charge >= 0.3 is 0 Å². The zero-order valence-electron chi connectivity index (χ0n) is 11.6. The fourth-order valence-corrected chi connectivity index (χ4v) is 1.76. The first-order valence-corrected chi connectivity index (χ1v) is 6.23. The van der Waals surface area contributed by atoms with Crippen molar-refractivity contribution in [1.82, 2.24) is 4.98 Å². The topological polar surface area (TPSA) is 71.5 Å². The molecule has 1 aromatic carbocycles. The number of amides is 1. The summed E-state index contributed by atoms with van der Waals surface area (Å²) in [6.45, 7) is 1.34. The number of benzene rings is 1. The van der Waals surface area contributed by atoms with Crippen molar-refractivity contribution in [2.45, 2.75) is 12.5 Å². The van der Waals surface area contributed by atoms with Crippen LogP contribution in [0.4, 0.5) is 10.1 Å². The number of nitrogens with zero attached hydrogens (tertiary/aromatic N) is 1. The first-order chi connectivity index (χ1) is 9.93. The second-order valence-electron chi connectivity index (χ2n) is 4.62. The van der Waals surface area contributed by atoms with E-state index in [0.717, 1.165) is 0 Å². The van der Waals surface area contributed by atoms with E-state index in [0.29, 0.717) is 17.1 Å². The summed E-state index contributed by atoms with van der Waals surface area (Å²) in [5, 5.41) is 12.9. The Morgan fingerprint density at radius 3 is 2.62 bits per heavy atom. The first-order valence-electron chi connectivity index (χ1n) is 6.23. The van der Waals surface area contributed by atoms with Crippen molar-refractivity contribution in [3.8, 4) is 5.88 Å². The smallest absolute Gasteiger partial charge is 0.260 e. The Kier molecular flexibility index (Phi) is 4.18. The summed E-state index contributed by atoms with van der Waals surface area (Å²) in [6.07, 6.45) is 1.47. The van der Waals surface area contributed by atoms with Gasteiger partial charge in [-0.2, -0.15) is 0 Å². The standard InChI is InChI=1S/C15H15FN2O3/c1-15(20,10-3-5-11(16)6-4-10)14(19)18-12-7-8-17-13(9-12)21-2/h3-9,20H,1-2H3,(H,17,18,19)/t15-/m0/s1. The van der Waals surface area contributed by atoms with E-state index in [1.54, 1.807) is 6.07 Å². The number of aliphatic hydroxyl groups is 1. The van der Waals surface area contributed by atoms with Crippen molar-refractivity contribution < 1.29 is 19.0 Å². The lowest BCUT2D eigenvalue weighted by atomic mass is 9.95. The van der Waals surface area contributed by atoms with Crippen LogP contribution < -0.4 is 10.1 Å². The number of methoxy groups -OCH3 is 1. The number of carbonyl (C=O) groups is 1. The van der Waals surface area contributed by atoms with E-state index in [1.807, 2.05) is 0 Å². The lowest BCUT2D eigenvalue weighted by Crippen LogP contribution is -2.37. The molecule has 1 amide bonds. The van der Waals surface area contributed by atoms with Crippen LogP contribution in [0.15, 0.2) is 42.6 Å². The molecule has 0 saturated heterocycles. The molecule has 6 heteroatoms. The number of hydrogen-bond donors (Lipinski definition) is 2. The number of aromatic nitrogens is 1. The average Bonchev–Trinajstić information content (AvgIpc) is 2.48. The molecule has 0 aliphatic rings. The number of carbonyl (C=O) groups excluding carboxylic acids is 1. The maximum atomic E-state index is 12.9. The van der Waals surface area contributed by atoms with E-state index in [2.05, 4.69) is 10.3 Å². The van der Waals surface area contributed by atoms with Crippen molar-refractivity contribution in [2.75, 3.05) is 12.4 Å².